The molecule has 4 aromatic heterocycles. The summed E-state index contributed by atoms with van der Waals surface area (Å²) < 4.78 is 22.1. The third-order valence-corrected chi connectivity index (χ3v) is 8.86. The van der Waals surface area contributed by atoms with Crippen molar-refractivity contribution in [1.29, 1.82) is 0 Å². The van der Waals surface area contributed by atoms with Crippen molar-refractivity contribution in [3.05, 3.63) is 52.1 Å². The van der Waals surface area contributed by atoms with Crippen LogP contribution in [0.2, 0.25) is 5.02 Å². The van der Waals surface area contributed by atoms with Gasteiger partial charge in [0.15, 0.2) is 5.76 Å². The summed E-state index contributed by atoms with van der Waals surface area (Å²) in [5.41, 5.74) is 7.86. The fourth-order valence-corrected chi connectivity index (χ4v) is 6.56. The summed E-state index contributed by atoms with van der Waals surface area (Å²) in [4.78, 5) is 10.9. The van der Waals surface area contributed by atoms with Crippen LogP contribution in [-0.2, 0) is 22.9 Å². The van der Waals surface area contributed by atoms with Gasteiger partial charge in [0.25, 0.3) is 0 Å². The molecule has 8 nitrogen and oxygen atoms in total. The van der Waals surface area contributed by atoms with Crippen molar-refractivity contribution >= 4 is 45.4 Å². The highest BCUT2D eigenvalue weighted by atomic mass is 35.5. The van der Waals surface area contributed by atoms with E-state index in [1.165, 1.54) is 15.6 Å². The standard InChI is InChI=1S/C21H21ClN6O2S2/c1-4-14-17(15-7-5-6-12-8-9-24-28(12)15)30-19(25-14)16-10-13(22)18(31-16)21(2)11-32(29)27(3)20(23)26-21/h5-10H,4,11H2,1-3H3,(H2,23,26). The van der Waals surface area contributed by atoms with Gasteiger partial charge < -0.3 is 10.2 Å². The smallest absolute Gasteiger partial charge is 0.237 e. The van der Waals surface area contributed by atoms with Crippen LogP contribution in [0.4, 0.5) is 0 Å². The molecular weight excluding hydrogens is 468 g/mol. The van der Waals surface area contributed by atoms with Crippen molar-refractivity contribution in [1.82, 2.24) is 18.9 Å². The number of oxazole rings is 1. The minimum Gasteiger partial charge on any atom is -0.433 e. The van der Waals surface area contributed by atoms with Crippen molar-refractivity contribution < 1.29 is 8.63 Å². The molecule has 0 saturated heterocycles. The zero-order chi connectivity index (χ0) is 22.6. The first-order valence-corrected chi connectivity index (χ1v) is 12.5. The van der Waals surface area contributed by atoms with Gasteiger partial charge in [0.1, 0.15) is 22.2 Å². The van der Waals surface area contributed by atoms with Crippen LogP contribution in [0.5, 0.6) is 0 Å². The van der Waals surface area contributed by atoms with Gasteiger partial charge in [0, 0.05) is 7.05 Å². The van der Waals surface area contributed by atoms with Gasteiger partial charge >= 0.3 is 0 Å². The summed E-state index contributed by atoms with van der Waals surface area (Å²) in [6, 6.07) is 9.68. The maximum atomic E-state index is 12.5. The molecule has 1 aliphatic heterocycles. The third kappa shape index (κ3) is 3.33. The molecule has 0 aliphatic carbocycles. The molecule has 0 spiro atoms. The number of halogens is 1. The van der Waals surface area contributed by atoms with E-state index in [0.717, 1.165) is 26.7 Å². The lowest BCUT2D eigenvalue weighted by molar-refractivity contribution is 0.524. The highest BCUT2D eigenvalue weighted by molar-refractivity contribution is 7.83. The molecule has 5 heterocycles. The second kappa shape index (κ2) is 7.72. The predicted molar refractivity (Wildman–Crippen MR) is 128 cm³/mol. The summed E-state index contributed by atoms with van der Waals surface area (Å²) in [5, 5.41) is 4.94. The number of aromatic nitrogens is 3. The van der Waals surface area contributed by atoms with Crippen molar-refractivity contribution in [2.24, 2.45) is 10.7 Å². The van der Waals surface area contributed by atoms with Gasteiger partial charge in [-0.3, -0.25) is 4.31 Å². The molecule has 32 heavy (non-hydrogen) atoms. The molecule has 0 aromatic carbocycles. The van der Waals surface area contributed by atoms with Gasteiger partial charge in [-0.15, -0.1) is 11.3 Å². The van der Waals surface area contributed by atoms with Gasteiger partial charge in [0.05, 0.1) is 37.9 Å². The number of nitrogens with two attached hydrogens (primary N) is 1. The largest absolute Gasteiger partial charge is 0.433 e. The Bertz CT molecular complexity index is 1390. The topological polar surface area (TPSA) is 102 Å². The molecule has 0 bridgehead atoms. The lowest BCUT2D eigenvalue weighted by atomic mass is 10.0. The first-order valence-electron chi connectivity index (χ1n) is 10.0. The van der Waals surface area contributed by atoms with Crippen molar-refractivity contribution in [3.63, 3.8) is 0 Å². The number of guanidine groups is 1. The van der Waals surface area contributed by atoms with Crippen LogP contribution >= 0.6 is 22.9 Å². The van der Waals surface area contributed by atoms with Crippen LogP contribution in [0.15, 0.2) is 45.9 Å². The van der Waals surface area contributed by atoms with E-state index in [1.807, 2.05) is 48.7 Å². The first kappa shape index (κ1) is 21.2. The lowest BCUT2D eigenvalue weighted by Crippen LogP contribution is -2.47. The van der Waals surface area contributed by atoms with E-state index in [4.69, 9.17) is 26.7 Å². The molecule has 4 aromatic rings. The Labute approximate surface area is 196 Å². The number of nitrogens with zero attached hydrogens (tertiary/aromatic N) is 5. The average molecular weight is 489 g/mol. The van der Waals surface area contributed by atoms with Crippen LogP contribution in [0.25, 0.3) is 27.7 Å². The first-order chi connectivity index (χ1) is 15.3. The predicted octanol–water partition coefficient (Wildman–Crippen LogP) is 4.07. The maximum absolute atomic E-state index is 12.5. The number of hydrogen-bond donors (Lipinski definition) is 1. The number of aliphatic imine (C=N–C) groups is 1. The lowest BCUT2D eigenvalue weighted by Gasteiger charge is -2.33. The maximum Gasteiger partial charge on any atom is 0.237 e. The quantitative estimate of drug-likeness (QED) is 0.466. The Kier molecular flexibility index (Phi) is 5.11. The van der Waals surface area contributed by atoms with Crippen LogP contribution < -0.4 is 5.73 Å². The summed E-state index contributed by atoms with van der Waals surface area (Å²) in [6.07, 6.45) is 2.46. The van der Waals surface area contributed by atoms with Crippen LogP contribution in [0.3, 0.4) is 0 Å². The van der Waals surface area contributed by atoms with E-state index in [1.54, 1.807) is 13.2 Å². The number of hydrogen-bond acceptors (Lipinski definition) is 7. The molecule has 0 saturated carbocycles. The summed E-state index contributed by atoms with van der Waals surface area (Å²) in [7, 11) is 0.376. The van der Waals surface area contributed by atoms with Gasteiger partial charge in [-0.05, 0) is 37.6 Å². The van der Waals surface area contributed by atoms with Crippen LogP contribution in [0, 0.1) is 0 Å². The Morgan fingerprint density at radius 3 is 2.94 bits per heavy atom. The zero-order valence-corrected chi connectivity index (χ0v) is 20.1. The summed E-state index contributed by atoms with van der Waals surface area (Å²) >= 11 is 8.04. The average Bonchev–Trinajstić information content (AvgIpc) is 3.49. The van der Waals surface area contributed by atoms with E-state index in [9.17, 15) is 4.21 Å². The van der Waals surface area contributed by atoms with E-state index in [-0.39, 0.29) is 5.96 Å². The van der Waals surface area contributed by atoms with Gasteiger partial charge in [0.2, 0.25) is 11.9 Å². The summed E-state index contributed by atoms with van der Waals surface area (Å²) in [5.74, 6) is 1.68. The van der Waals surface area contributed by atoms with Crippen molar-refractivity contribution in [3.8, 4) is 22.2 Å². The third-order valence-electron chi connectivity index (χ3n) is 5.47. The second-order valence-corrected chi connectivity index (χ2v) is 10.7. The van der Waals surface area contributed by atoms with E-state index < -0.39 is 16.5 Å². The molecule has 2 atom stereocenters. The van der Waals surface area contributed by atoms with Gasteiger partial charge in [-0.25, -0.2) is 18.7 Å². The minimum atomic E-state index is -1.29. The fraction of sp³-hybridized carbons (Fsp3) is 0.286. The Balaban J connectivity index is 1.59. The molecule has 0 fully saturated rings. The molecule has 0 amide bonds. The zero-order valence-electron chi connectivity index (χ0n) is 17.7. The highest BCUT2D eigenvalue weighted by Crippen LogP contribution is 2.44. The number of rotatable bonds is 4. The van der Waals surface area contributed by atoms with E-state index >= 15 is 0 Å². The van der Waals surface area contributed by atoms with Crippen LogP contribution in [-0.4, -0.2) is 41.9 Å². The van der Waals surface area contributed by atoms with E-state index in [2.05, 4.69) is 10.1 Å². The number of pyridine rings is 1. The minimum absolute atomic E-state index is 0.224. The molecule has 1 aliphatic rings. The van der Waals surface area contributed by atoms with Gasteiger partial charge in [-0.2, -0.15) is 5.10 Å². The van der Waals surface area contributed by atoms with E-state index in [0.29, 0.717) is 28.8 Å². The number of aryl methyl sites for hydroxylation is 1. The normalized spacial score (nSPS) is 21.3. The Morgan fingerprint density at radius 1 is 1.38 bits per heavy atom. The molecule has 11 heteroatoms. The SMILES string of the molecule is CCc1nc(-c2cc(Cl)c(C3(C)CS(=O)N(C)C(N)=N3)s2)oc1-c1cccc2ccnn12. The number of fused-ring (bicyclic) bond motifs is 1. The molecular formula is C21H21ClN6O2S2. The highest BCUT2D eigenvalue weighted by Gasteiger charge is 2.39. The van der Waals surface area contributed by atoms with Crippen LogP contribution in [0.1, 0.15) is 24.4 Å². The molecule has 2 N–H and O–H groups in total. The Hall–Kier alpha value is -2.69. The monoisotopic (exact) mass is 488 g/mol. The second-order valence-electron chi connectivity index (χ2n) is 7.72. The van der Waals surface area contributed by atoms with Crippen molar-refractivity contribution in [2.75, 3.05) is 12.8 Å². The van der Waals surface area contributed by atoms with Crippen molar-refractivity contribution in [2.45, 2.75) is 25.8 Å². The molecule has 2 unspecified atom stereocenters. The van der Waals surface area contributed by atoms with Gasteiger partial charge in [-0.1, -0.05) is 24.6 Å². The Morgan fingerprint density at radius 2 is 2.19 bits per heavy atom. The molecule has 166 valence electrons. The fourth-order valence-electron chi connectivity index (χ4n) is 3.77. The molecule has 5 rings (SSSR count). The molecule has 0 radical (unpaired) electrons. The number of thiophene rings is 1. The summed E-state index contributed by atoms with van der Waals surface area (Å²) in [6.45, 7) is 3.93.